The molecule has 0 saturated heterocycles. The summed E-state index contributed by atoms with van der Waals surface area (Å²) in [6, 6.07) is 114. The van der Waals surface area contributed by atoms with E-state index in [-0.39, 0.29) is 0 Å². The number of hydrogen-bond acceptors (Lipinski definition) is 1. The Morgan fingerprint density at radius 3 is 1.25 bits per heavy atom. The van der Waals surface area contributed by atoms with E-state index in [9.17, 15) is 0 Å². The molecule has 0 N–H and O–H groups in total. The normalized spacial score (nSPS) is 12.3. The fourth-order valence-electron chi connectivity index (χ4n) is 12.5. The Kier molecular flexibility index (Phi) is 11.2. The van der Waals surface area contributed by atoms with Crippen molar-refractivity contribution in [1.29, 1.82) is 0 Å². The lowest BCUT2D eigenvalue weighted by Gasteiger charge is -2.35. The van der Waals surface area contributed by atoms with E-state index in [4.69, 9.17) is 0 Å². The first-order valence-corrected chi connectivity index (χ1v) is 26.3. The number of anilines is 3. The van der Waals surface area contributed by atoms with Crippen LogP contribution in [0, 0.1) is 0 Å². The van der Waals surface area contributed by atoms with Crippen molar-refractivity contribution in [2.45, 2.75) is 5.41 Å². The average molecular weight is 966 g/mol. The molecule has 76 heavy (non-hydrogen) atoms. The zero-order valence-corrected chi connectivity index (χ0v) is 41.9. The predicted octanol–water partition coefficient (Wildman–Crippen LogP) is 20.2. The molecule has 0 aromatic heterocycles. The number of benzene rings is 13. The molecule has 0 aliphatic heterocycles. The maximum Gasteiger partial charge on any atom is 0.0714 e. The van der Waals surface area contributed by atoms with Gasteiger partial charge in [-0.05, 0) is 136 Å². The monoisotopic (exact) mass is 965 g/mol. The molecule has 0 atom stereocenters. The van der Waals surface area contributed by atoms with Crippen LogP contribution in [0.4, 0.5) is 17.1 Å². The fourth-order valence-corrected chi connectivity index (χ4v) is 12.5. The second kappa shape index (κ2) is 18.9. The van der Waals surface area contributed by atoms with Gasteiger partial charge in [-0.25, -0.2) is 0 Å². The zero-order chi connectivity index (χ0) is 50.4. The van der Waals surface area contributed by atoms with Crippen LogP contribution in [0.15, 0.2) is 309 Å². The predicted molar refractivity (Wildman–Crippen MR) is 321 cm³/mol. The Morgan fingerprint density at radius 1 is 0.224 bits per heavy atom. The topological polar surface area (TPSA) is 3.24 Å². The summed E-state index contributed by atoms with van der Waals surface area (Å²) in [6.07, 6.45) is 0. The Labute approximate surface area is 444 Å². The number of nitrogens with zero attached hydrogens (tertiary/aromatic N) is 1. The summed E-state index contributed by atoms with van der Waals surface area (Å²) < 4.78 is 0. The number of hydrogen-bond donors (Lipinski definition) is 0. The molecular weight excluding hydrogens is 915 g/mol. The van der Waals surface area contributed by atoms with Gasteiger partial charge in [0.1, 0.15) is 0 Å². The van der Waals surface area contributed by atoms with Crippen LogP contribution in [-0.4, -0.2) is 0 Å². The molecule has 0 fully saturated rings. The zero-order valence-electron chi connectivity index (χ0n) is 41.9. The molecule has 1 heteroatoms. The molecule has 1 aliphatic rings. The van der Waals surface area contributed by atoms with Crippen molar-refractivity contribution in [3.05, 3.63) is 332 Å². The van der Waals surface area contributed by atoms with Crippen molar-refractivity contribution >= 4 is 38.6 Å². The van der Waals surface area contributed by atoms with E-state index in [0.717, 1.165) is 50.4 Å². The highest BCUT2D eigenvalue weighted by molar-refractivity contribution is 6.22. The summed E-state index contributed by atoms with van der Waals surface area (Å²) in [6.45, 7) is 0. The molecule has 356 valence electrons. The Balaban J connectivity index is 1.09. The number of fused-ring (bicyclic) bond motifs is 6. The highest BCUT2D eigenvalue weighted by atomic mass is 15.1. The van der Waals surface area contributed by atoms with Gasteiger partial charge < -0.3 is 4.90 Å². The van der Waals surface area contributed by atoms with Crippen LogP contribution in [-0.2, 0) is 5.41 Å². The van der Waals surface area contributed by atoms with E-state index in [1.165, 1.54) is 77.2 Å². The molecule has 0 heterocycles. The van der Waals surface area contributed by atoms with Crippen LogP contribution in [0.3, 0.4) is 0 Å². The van der Waals surface area contributed by atoms with E-state index < -0.39 is 5.41 Å². The molecule has 0 bridgehead atoms. The third-order valence-corrected chi connectivity index (χ3v) is 15.7. The van der Waals surface area contributed by atoms with Crippen molar-refractivity contribution in [3.8, 4) is 66.8 Å². The van der Waals surface area contributed by atoms with Crippen molar-refractivity contribution in [2.75, 3.05) is 4.90 Å². The first kappa shape index (κ1) is 44.8. The lowest BCUT2D eigenvalue weighted by Crippen LogP contribution is -2.28. The van der Waals surface area contributed by atoms with Gasteiger partial charge in [-0.3, -0.25) is 0 Å². The van der Waals surface area contributed by atoms with Gasteiger partial charge >= 0.3 is 0 Å². The summed E-state index contributed by atoms with van der Waals surface area (Å²) >= 11 is 0. The second-order valence-electron chi connectivity index (χ2n) is 19.9. The van der Waals surface area contributed by atoms with E-state index in [2.05, 4.69) is 314 Å². The largest absolute Gasteiger partial charge is 0.309 e. The molecule has 0 spiro atoms. The summed E-state index contributed by atoms with van der Waals surface area (Å²) in [7, 11) is 0. The average Bonchev–Trinajstić information content (AvgIpc) is 3.83. The SMILES string of the molecule is c1ccc(-c2cc(-c3ccccc3)cc(N(c3ccccc3-c3ccc4c(c3)c(-c3ccccc3)c(-c3ccccc3)c3ccccc34)c3cccc4c3-c3ccccc3C4(c3ccccc3)c3ccccc3)c2)cc1. The Hall–Kier alpha value is -9.82. The van der Waals surface area contributed by atoms with Gasteiger partial charge in [-0.1, -0.05) is 273 Å². The van der Waals surface area contributed by atoms with Gasteiger partial charge in [-0.2, -0.15) is 0 Å². The maximum absolute atomic E-state index is 2.56. The van der Waals surface area contributed by atoms with Gasteiger partial charge in [0, 0.05) is 16.8 Å². The second-order valence-corrected chi connectivity index (χ2v) is 19.9. The smallest absolute Gasteiger partial charge is 0.0714 e. The Bertz CT molecular complexity index is 4150. The first-order chi connectivity index (χ1) is 37.7. The molecule has 13 aromatic carbocycles. The van der Waals surface area contributed by atoms with E-state index in [1.807, 2.05) is 0 Å². The third-order valence-electron chi connectivity index (χ3n) is 15.7. The van der Waals surface area contributed by atoms with E-state index in [1.54, 1.807) is 0 Å². The van der Waals surface area contributed by atoms with Gasteiger partial charge in [0.2, 0.25) is 0 Å². The minimum absolute atomic E-state index is 0.581. The molecule has 0 amide bonds. The van der Waals surface area contributed by atoms with Crippen LogP contribution in [0.1, 0.15) is 22.3 Å². The Morgan fingerprint density at radius 2 is 0.658 bits per heavy atom. The van der Waals surface area contributed by atoms with Crippen molar-refractivity contribution in [3.63, 3.8) is 0 Å². The van der Waals surface area contributed by atoms with Crippen LogP contribution in [0.5, 0.6) is 0 Å². The molecule has 0 unspecified atom stereocenters. The summed E-state index contributed by atoms with van der Waals surface area (Å²) in [5, 5.41) is 4.92. The standard InChI is InChI=1S/C75H51N/c1-7-26-52(27-8-1)57-48-58(53-28-9-2-10-29-53)50-61(49-57)76(71-45-25-43-69-74(71)66-41-21-23-42-68(66)75(69,59-34-15-5-16-35-59)60-36-17-6-18-37-60)70-44-24-22-38-62(70)56-46-47-64-63-39-19-20-40-65(63)72(54-30-11-3-12-31-54)73(67(64)51-56)55-32-13-4-14-33-55/h1-51H. The summed E-state index contributed by atoms with van der Waals surface area (Å²) in [5.41, 5.74) is 21.9. The molecule has 0 radical (unpaired) electrons. The summed E-state index contributed by atoms with van der Waals surface area (Å²) in [5.74, 6) is 0. The van der Waals surface area contributed by atoms with Crippen LogP contribution < -0.4 is 4.90 Å². The van der Waals surface area contributed by atoms with E-state index >= 15 is 0 Å². The highest BCUT2D eigenvalue weighted by Gasteiger charge is 2.47. The van der Waals surface area contributed by atoms with Crippen molar-refractivity contribution in [2.24, 2.45) is 0 Å². The van der Waals surface area contributed by atoms with Crippen molar-refractivity contribution < 1.29 is 0 Å². The minimum atomic E-state index is -0.581. The number of para-hydroxylation sites is 1. The van der Waals surface area contributed by atoms with Gasteiger partial charge in [0.25, 0.3) is 0 Å². The summed E-state index contributed by atoms with van der Waals surface area (Å²) in [4.78, 5) is 2.56. The lowest BCUT2D eigenvalue weighted by atomic mass is 9.68. The van der Waals surface area contributed by atoms with Crippen LogP contribution in [0.25, 0.3) is 88.3 Å². The van der Waals surface area contributed by atoms with Gasteiger partial charge in [0.05, 0.1) is 16.8 Å². The molecule has 1 aliphatic carbocycles. The molecule has 1 nitrogen and oxygen atoms in total. The molecule has 14 rings (SSSR count). The van der Waals surface area contributed by atoms with Crippen LogP contribution >= 0.6 is 0 Å². The van der Waals surface area contributed by atoms with Crippen molar-refractivity contribution in [1.82, 2.24) is 0 Å². The van der Waals surface area contributed by atoms with Gasteiger partial charge in [-0.15, -0.1) is 0 Å². The molecule has 0 saturated carbocycles. The highest BCUT2D eigenvalue weighted by Crippen LogP contribution is 2.60. The fraction of sp³-hybridized carbons (Fsp3) is 0.0133. The maximum atomic E-state index is 2.56. The lowest BCUT2D eigenvalue weighted by molar-refractivity contribution is 0.768. The van der Waals surface area contributed by atoms with Crippen LogP contribution in [0.2, 0.25) is 0 Å². The molecular formula is C75H51N. The minimum Gasteiger partial charge on any atom is -0.309 e. The molecule has 13 aromatic rings. The van der Waals surface area contributed by atoms with E-state index in [0.29, 0.717) is 0 Å². The quantitative estimate of drug-likeness (QED) is 0.123. The first-order valence-electron chi connectivity index (χ1n) is 26.3. The van der Waals surface area contributed by atoms with Gasteiger partial charge in [0.15, 0.2) is 0 Å². The number of rotatable bonds is 10. The third kappa shape index (κ3) is 7.39.